The fraction of sp³-hybridized carbons (Fsp3) is 0.683. The maximum absolute atomic E-state index is 14.0. The number of cyclic esters (lactones) is 1. The number of carbonyl (C=O) groups is 7. The van der Waals surface area contributed by atoms with Crippen LogP contribution in [0.5, 0.6) is 0 Å². The topological polar surface area (TPSA) is 217 Å². The second-order valence-corrected chi connectivity index (χ2v) is 17.3. The first-order valence-corrected chi connectivity index (χ1v) is 18.9. The Labute approximate surface area is 330 Å². The molecule has 0 spiro atoms. The Morgan fingerprint density at radius 1 is 0.842 bits per heavy atom. The molecule has 6 aliphatic rings. The normalized spacial score (nSPS) is 45.4. The van der Waals surface area contributed by atoms with E-state index in [0.717, 1.165) is 34.8 Å². The molecule has 57 heavy (non-hydrogen) atoms. The minimum atomic E-state index is -2.16. The van der Waals surface area contributed by atoms with Crippen LogP contribution in [0.2, 0.25) is 0 Å². The first-order valence-electron chi connectivity index (χ1n) is 18.9. The van der Waals surface area contributed by atoms with E-state index in [4.69, 9.17) is 37.9 Å². The first kappa shape index (κ1) is 42.0. The average molecular weight is 801 g/mol. The lowest BCUT2D eigenvalue weighted by Crippen LogP contribution is -2.86. The van der Waals surface area contributed by atoms with E-state index in [0.29, 0.717) is 5.57 Å². The molecule has 15 atom stereocenters. The van der Waals surface area contributed by atoms with Gasteiger partial charge in [0, 0.05) is 69.8 Å². The van der Waals surface area contributed by atoms with Gasteiger partial charge in [-0.3, -0.25) is 24.0 Å². The zero-order chi connectivity index (χ0) is 42.6. The van der Waals surface area contributed by atoms with Gasteiger partial charge in [-0.1, -0.05) is 45.6 Å². The molecular weight excluding hydrogens is 748 g/mol. The Bertz CT molecular complexity index is 1900. The highest BCUT2D eigenvalue weighted by Crippen LogP contribution is 2.81. The van der Waals surface area contributed by atoms with Crippen molar-refractivity contribution in [2.75, 3.05) is 13.7 Å². The van der Waals surface area contributed by atoms with Gasteiger partial charge in [0.15, 0.2) is 12.2 Å². The fourth-order valence-electron chi connectivity index (χ4n) is 12.4. The van der Waals surface area contributed by atoms with Crippen molar-refractivity contribution in [2.45, 2.75) is 123 Å². The molecule has 0 radical (unpaired) electrons. The second kappa shape index (κ2) is 13.2. The van der Waals surface area contributed by atoms with Gasteiger partial charge in [-0.05, 0) is 24.8 Å². The Balaban J connectivity index is 1.79. The third-order valence-corrected chi connectivity index (χ3v) is 14.7. The van der Waals surface area contributed by atoms with Crippen LogP contribution in [0.3, 0.4) is 0 Å². The van der Waals surface area contributed by atoms with Crippen LogP contribution in [0.25, 0.3) is 0 Å². The summed E-state index contributed by atoms with van der Waals surface area (Å²) in [7, 11) is 1.15. The van der Waals surface area contributed by atoms with Gasteiger partial charge in [0.1, 0.15) is 31.0 Å². The van der Waals surface area contributed by atoms with Crippen molar-refractivity contribution in [3.05, 3.63) is 36.5 Å². The summed E-state index contributed by atoms with van der Waals surface area (Å²) >= 11 is 0. The van der Waals surface area contributed by atoms with Gasteiger partial charge in [0.25, 0.3) is 0 Å². The summed E-state index contributed by atoms with van der Waals surface area (Å²) in [5, 5.41) is 13.8. The Morgan fingerprint density at radius 3 is 1.95 bits per heavy atom. The third kappa shape index (κ3) is 5.20. The first-order chi connectivity index (χ1) is 26.3. The summed E-state index contributed by atoms with van der Waals surface area (Å²) < 4.78 is 48.0. The lowest BCUT2D eigenvalue weighted by atomic mass is 9.29. The van der Waals surface area contributed by atoms with Crippen molar-refractivity contribution in [3.63, 3.8) is 0 Å². The van der Waals surface area contributed by atoms with Gasteiger partial charge >= 0.3 is 41.8 Å². The van der Waals surface area contributed by atoms with Crippen LogP contribution in [0.1, 0.15) is 75.7 Å². The van der Waals surface area contributed by atoms with E-state index in [1.54, 1.807) is 45.9 Å². The van der Waals surface area contributed by atoms with Gasteiger partial charge in [-0.15, -0.1) is 0 Å². The molecule has 0 aromatic carbocycles. The molecule has 6 rings (SSSR count). The number of esters is 7. The number of fused-ring (bicyclic) bond motifs is 9. The zero-order valence-corrected chi connectivity index (χ0v) is 34.1. The van der Waals surface area contributed by atoms with Crippen LogP contribution < -0.4 is 0 Å². The van der Waals surface area contributed by atoms with Crippen molar-refractivity contribution in [2.24, 2.45) is 38.9 Å². The number of rotatable bonds is 7. The molecule has 0 amide bonds. The number of aliphatic hydroxyl groups is 1. The molecular formula is C41H52O16. The number of allylic oxidation sites excluding steroid dienone is 2. The Hall–Kier alpha value is -4.57. The van der Waals surface area contributed by atoms with Crippen molar-refractivity contribution in [1.29, 1.82) is 0 Å². The molecule has 16 heteroatoms. The van der Waals surface area contributed by atoms with Crippen LogP contribution in [0, 0.1) is 38.9 Å². The van der Waals surface area contributed by atoms with Gasteiger partial charge < -0.3 is 43.0 Å². The molecule has 4 aliphatic carbocycles. The van der Waals surface area contributed by atoms with Crippen molar-refractivity contribution < 1.29 is 76.6 Å². The number of epoxide rings is 1. The van der Waals surface area contributed by atoms with E-state index in [1.165, 1.54) is 19.9 Å². The molecule has 16 nitrogen and oxygen atoms in total. The molecule has 0 aromatic rings. The molecule has 2 aliphatic heterocycles. The quantitative estimate of drug-likeness (QED) is 0.169. The molecule has 2 heterocycles. The second-order valence-electron chi connectivity index (χ2n) is 17.3. The molecule has 1 N–H and O–H groups in total. The van der Waals surface area contributed by atoms with Crippen molar-refractivity contribution in [3.8, 4) is 0 Å². The summed E-state index contributed by atoms with van der Waals surface area (Å²) in [6.45, 7) is 17.8. The summed E-state index contributed by atoms with van der Waals surface area (Å²) in [5.74, 6) is -7.76. The van der Waals surface area contributed by atoms with E-state index in [2.05, 4.69) is 6.58 Å². The Morgan fingerprint density at radius 2 is 1.40 bits per heavy atom. The highest BCUT2D eigenvalue weighted by atomic mass is 16.7. The fourth-order valence-corrected chi connectivity index (χ4v) is 12.4. The summed E-state index contributed by atoms with van der Waals surface area (Å²) in [5.41, 5.74) is -12.1. The highest BCUT2D eigenvalue weighted by molar-refractivity contribution is 5.88. The summed E-state index contributed by atoms with van der Waals surface area (Å²) in [4.78, 5) is 93.1. The van der Waals surface area contributed by atoms with Crippen molar-refractivity contribution in [1.82, 2.24) is 0 Å². The highest BCUT2D eigenvalue weighted by Gasteiger charge is 2.93. The summed E-state index contributed by atoms with van der Waals surface area (Å²) in [6.07, 6.45) is -2.30. The maximum atomic E-state index is 14.0. The molecule has 0 bridgehead atoms. The largest absolute Gasteiger partial charge is 0.467 e. The van der Waals surface area contributed by atoms with Crippen LogP contribution >= 0.6 is 0 Å². The lowest BCUT2D eigenvalue weighted by molar-refractivity contribution is -0.359. The molecule has 0 unspecified atom stereocenters. The number of ether oxygens (including phenoxy) is 8. The molecule has 1 saturated heterocycles. The van der Waals surface area contributed by atoms with Crippen LogP contribution in [0.15, 0.2) is 36.5 Å². The minimum Gasteiger partial charge on any atom is -0.467 e. The van der Waals surface area contributed by atoms with Gasteiger partial charge in [0.05, 0.1) is 23.5 Å². The number of hydrogen-bond acceptors (Lipinski definition) is 16. The predicted molar refractivity (Wildman–Crippen MR) is 193 cm³/mol. The van der Waals surface area contributed by atoms with Crippen LogP contribution in [-0.2, 0) is 71.5 Å². The Kier molecular flexibility index (Phi) is 9.76. The standard InChI is InChI=1S/C41H52O16/c1-19-17-40(49)36(9)16-15-35(8)26-13-14-27(47)51-18-39(26,20(2)52-21(3)42)31(54-23(5)44)28(53-22(4)43)29(35)37(36,10)32(55-24(6)45)33(56-25(7)46)38(40,11)41(30(19)57-41)34(48)50-12/h13-16,20,26,28-33,49H,1,17-18H2,2-12H3/t20-,26-,28-,29-,30+,31-,32+,33-,35-,36+,37-,38+,39+,40+,41-/m0/s1. The van der Waals surface area contributed by atoms with E-state index in [1.807, 2.05) is 0 Å². The molecule has 0 aromatic heterocycles. The molecule has 3 saturated carbocycles. The average Bonchev–Trinajstić information content (AvgIpc) is 3.89. The van der Waals surface area contributed by atoms with Gasteiger partial charge in [-0.25, -0.2) is 9.59 Å². The SMILES string of the molecule is C=C1C[C@@]2(O)[C@]3(C)C=C[C@@]4(C)[C@@H]5C=CC(=O)OC[C@]5([C@H](C)OC(C)=O)[C@@H](OC(C)=O)[C@@H](OC(C)=O)[C@@H]4[C@@]3(C)[C@H](OC(C)=O)[C@H](OC(C)=O)[C@@]2(C)[C@]2(C(=O)OC)O[C@H]12. The monoisotopic (exact) mass is 800 g/mol. The van der Waals surface area contributed by atoms with E-state index >= 15 is 0 Å². The maximum Gasteiger partial charge on any atom is 0.342 e. The third-order valence-electron chi connectivity index (χ3n) is 14.7. The van der Waals surface area contributed by atoms with Crippen LogP contribution in [0.4, 0.5) is 0 Å². The minimum absolute atomic E-state index is 0.206. The predicted octanol–water partition coefficient (Wildman–Crippen LogP) is 2.62. The zero-order valence-electron chi connectivity index (χ0n) is 34.1. The molecule has 4 fully saturated rings. The summed E-state index contributed by atoms with van der Waals surface area (Å²) in [6, 6.07) is 0. The van der Waals surface area contributed by atoms with Gasteiger partial charge in [-0.2, -0.15) is 0 Å². The van der Waals surface area contributed by atoms with E-state index < -0.39 is 135 Å². The van der Waals surface area contributed by atoms with Crippen molar-refractivity contribution >= 4 is 41.8 Å². The van der Waals surface area contributed by atoms with Gasteiger partial charge in [0.2, 0.25) is 5.60 Å². The number of methoxy groups -OCH3 is 1. The van der Waals surface area contributed by atoms with Crippen LogP contribution in [-0.4, -0.2) is 108 Å². The number of hydrogen-bond donors (Lipinski definition) is 1. The lowest BCUT2D eigenvalue weighted by Gasteiger charge is -2.76. The molecule has 312 valence electrons. The smallest absolute Gasteiger partial charge is 0.342 e. The van der Waals surface area contributed by atoms with E-state index in [9.17, 15) is 38.7 Å². The van der Waals surface area contributed by atoms with E-state index in [-0.39, 0.29) is 6.42 Å². The number of carbonyl (C=O) groups excluding carboxylic acids is 7.